The van der Waals surface area contributed by atoms with Gasteiger partial charge in [0, 0.05) is 0 Å². The van der Waals surface area contributed by atoms with Crippen molar-refractivity contribution < 1.29 is 17.9 Å². The molecule has 0 bridgehead atoms. The van der Waals surface area contributed by atoms with Gasteiger partial charge in [-0.25, -0.2) is 8.42 Å². The maximum atomic E-state index is 12.7. The van der Waals surface area contributed by atoms with E-state index in [1.54, 1.807) is 31.4 Å². The number of aryl methyl sites for hydroxylation is 1. The van der Waals surface area contributed by atoms with Crippen LogP contribution in [0, 0.1) is 6.92 Å². The van der Waals surface area contributed by atoms with Crippen LogP contribution in [0.2, 0.25) is 0 Å². The first-order valence-corrected chi connectivity index (χ1v) is 10.2. The molecule has 1 unspecified atom stereocenters. The maximum absolute atomic E-state index is 12.7. The van der Waals surface area contributed by atoms with E-state index < -0.39 is 10.0 Å². The fraction of sp³-hybridized carbons (Fsp3) is 0.316. The van der Waals surface area contributed by atoms with Crippen molar-refractivity contribution in [2.75, 3.05) is 18.1 Å². The number of carbonyl (C=O) groups excluding carboxylic acids is 1. The van der Waals surface area contributed by atoms with Crippen LogP contribution < -0.4 is 14.8 Å². The minimum atomic E-state index is -3.48. The number of para-hydroxylation sites is 1. The monoisotopic (exact) mass is 376 g/mol. The molecule has 0 heterocycles. The van der Waals surface area contributed by atoms with Gasteiger partial charge < -0.3 is 10.1 Å². The average molecular weight is 376 g/mol. The third-order valence-electron chi connectivity index (χ3n) is 4.00. The summed E-state index contributed by atoms with van der Waals surface area (Å²) in [6, 6.07) is 12.1. The van der Waals surface area contributed by atoms with E-state index in [0.29, 0.717) is 6.42 Å². The fourth-order valence-electron chi connectivity index (χ4n) is 2.75. The van der Waals surface area contributed by atoms with Crippen LogP contribution in [0.4, 0.5) is 5.69 Å². The molecule has 0 saturated carbocycles. The van der Waals surface area contributed by atoms with Crippen molar-refractivity contribution in [1.29, 1.82) is 0 Å². The largest absolute Gasteiger partial charge is 0.496 e. The third-order valence-corrected chi connectivity index (χ3v) is 4.59. The van der Waals surface area contributed by atoms with Gasteiger partial charge in [0.15, 0.2) is 0 Å². The molecule has 2 aromatic rings. The molecule has 0 fully saturated rings. The van der Waals surface area contributed by atoms with Crippen LogP contribution >= 0.6 is 0 Å². The minimum absolute atomic E-state index is 0.196. The molecule has 2 rings (SSSR count). The molecule has 140 valence electrons. The quantitative estimate of drug-likeness (QED) is 0.777. The molecule has 26 heavy (non-hydrogen) atoms. The van der Waals surface area contributed by atoms with E-state index in [0.717, 1.165) is 23.1 Å². The molecule has 0 aliphatic heterocycles. The van der Waals surface area contributed by atoms with Crippen LogP contribution in [-0.4, -0.2) is 27.7 Å². The van der Waals surface area contributed by atoms with Crippen LogP contribution in [0.25, 0.3) is 0 Å². The van der Waals surface area contributed by atoms with E-state index in [1.165, 1.54) is 0 Å². The van der Waals surface area contributed by atoms with Gasteiger partial charge in [-0.1, -0.05) is 31.2 Å². The van der Waals surface area contributed by atoms with E-state index in [4.69, 9.17) is 4.74 Å². The Morgan fingerprint density at radius 1 is 1.19 bits per heavy atom. The van der Waals surface area contributed by atoms with Gasteiger partial charge in [0.25, 0.3) is 5.91 Å². The predicted molar refractivity (Wildman–Crippen MR) is 103 cm³/mol. The Hall–Kier alpha value is -2.54. The molecular weight excluding hydrogens is 352 g/mol. The lowest BCUT2D eigenvalue weighted by molar-refractivity contribution is 0.0936. The number of ether oxygens (including phenoxy) is 1. The lowest BCUT2D eigenvalue weighted by atomic mass is 10.0. The molecule has 7 heteroatoms. The molecule has 2 N–H and O–H groups in total. The molecule has 0 spiro atoms. The third kappa shape index (κ3) is 4.98. The fourth-order valence-corrected chi connectivity index (χ4v) is 3.32. The number of amides is 1. The van der Waals surface area contributed by atoms with Crippen LogP contribution in [0.1, 0.15) is 40.9 Å². The Morgan fingerprint density at radius 2 is 1.88 bits per heavy atom. The molecule has 6 nitrogen and oxygen atoms in total. The highest BCUT2D eigenvalue weighted by molar-refractivity contribution is 7.92. The Morgan fingerprint density at radius 3 is 2.46 bits per heavy atom. The number of hydrogen-bond donors (Lipinski definition) is 2. The second kappa shape index (κ2) is 8.23. The highest BCUT2D eigenvalue weighted by atomic mass is 32.2. The predicted octanol–water partition coefficient (Wildman–Crippen LogP) is 3.26. The number of nitrogens with one attached hydrogen (secondary N) is 2. The Bertz CT molecular complexity index is 894. The van der Waals surface area contributed by atoms with Gasteiger partial charge >= 0.3 is 0 Å². The van der Waals surface area contributed by atoms with Crippen molar-refractivity contribution in [3.8, 4) is 5.75 Å². The number of carbonyl (C=O) groups is 1. The lowest BCUT2D eigenvalue weighted by Crippen LogP contribution is -2.29. The van der Waals surface area contributed by atoms with Gasteiger partial charge in [-0.15, -0.1) is 0 Å². The number of rotatable bonds is 7. The summed E-state index contributed by atoms with van der Waals surface area (Å²) in [6.07, 6.45) is 1.75. The Kier molecular flexibility index (Phi) is 6.26. The van der Waals surface area contributed by atoms with Crippen LogP contribution in [0.3, 0.4) is 0 Å². The number of methoxy groups -OCH3 is 1. The van der Waals surface area contributed by atoms with Crippen LogP contribution in [0.5, 0.6) is 5.75 Å². The number of anilines is 1. The molecule has 0 aliphatic rings. The maximum Gasteiger partial charge on any atom is 0.253 e. The molecule has 1 atom stereocenters. The van der Waals surface area contributed by atoms with Crippen molar-refractivity contribution in [2.24, 2.45) is 0 Å². The number of benzene rings is 2. The minimum Gasteiger partial charge on any atom is -0.496 e. The lowest BCUT2D eigenvalue weighted by Gasteiger charge is -2.20. The zero-order valence-electron chi connectivity index (χ0n) is 15.4. The van der Waals surface area contributed by atoms with Crippen molar-refractivity contribution in [2.45, 2.75) is 26.3 Å². The van der Waals surface area contributed by atoms with Gasteiger partial charge in [0.1, 0.15) is 5.75 Å². The van der Waals surface area contributed by atoms with E-state index >= 15 is 0 Å². The van der Waals surface area contributed by atoms with E-state index in [1.807, 2.05) is 32.0 Å². The normalized spacial score (nSPS) is 12.3. The summed E-state index contributed by atoms with van der Waals surface area (Å²) in [4.78, 5) is 12.7. The molecule has 2 aromatic carbocycles. The van der Waals surface area contributed by atoms with Gasteiger partial charge in [-0.3, -0.25) is 9.52 Å². The van der Waals surface area contributed by atoms with Gasteiger partial charge in [0.2, 0.25) is 10.0 Å². The van der Waals surface area contributed by atoms with E-state index in [2.05, 4.69) is 10.0 Å². The molecule has 0 aromatic heterocycles. The summed E-state index contributed by atoms with van der Waals surface area (Å²) < 4.78 is 30.7. The smallest absolute Gasteiger partial charge is 0.253 e. The second-order valence-corrected chi connectivity index (χ2v) is 7.83. The van der Waals surface area contributed by atoms with Crippen LogP contribution in [-0.2, 0) is 10.0 Å². The second-order valence-electron chi connectivity index (χ2n) is 6.08. The van der Waals surface area contributed by atoms with Gasteiger partial charge in [-0.2, -0.15) is 0 Å². The summed E-state index contributed by atoms with van der Waals surface area (Å²) in [7, 11) is -1.86. The summed E-state index contributed by atoms with van der Waals surface area (Å²) in [6.45, 7) is 3.92. The van der Waals surface area contributed by atoms with Gasteiger partial charge in [-0.05, 0) is 42.7 Å². The average Bonchev–Trinajstić information content (AvgIpc) is 2.58. The van der Waals surface area contributed by atoms with Crippen molar-refractivity contribution >= 4 is 21.6 Å². The molecule has 1 amide bonds. The van der Waals surface area contributed by atoms with E-state index in [-0.39, 0.29) is 23.2 Å². The molecule has 0 saturated heterocycles. The Balaban J connectivity index is 2.26. The highest BCUT2D eigenvalue weighted by Crippen LogP contribution is 2.25. The zero-order chi connectivity index (χ0) is 19.3. The van der Waals surface area contributed by atoms with Crippen molar-refractivity contribution in [3.63, 3.8) is 0 Å². The molecule has 0 aliphatic carbocycles. The van der Waals surface area contributed by atoms with E-state index in [9.17, 15) is 13.2 Å². The SMILES string of the molecule is CCC(NC(=O)c1ccccc1NS(C)(=O)=O)c1ccc(OC)c(C)c1. The zero-order valence-corrected chi connectivity index (χ0v) is 16.2. The first kappa shape index (κ1) is 19.8. The summed E-state index contributed by atoms with van der Waals surface area (Å²) in [5.74, 6) is 0.453. The summed E-state index contributed by atoms with van der Waals surface area (Å²) >= 11 is 0. The first-order chi connectivity index (χ1) is 12.2. The standard InChI is InChI=1S/C19H24N2O4S/c1-5-16(14-10-11-18(25-3)13(2)12-14)20-19(22)15-8-6-7-9-17(15)21-26(4,23)24/h6-12,16,21H,5H2,1-4H3,(H,20,22). The summed E-state index contributed by atoms with van der Waals surface area (Å²) in [5.41, 5.74) is 2.49. The first-order valence-electron chi connectivity index (χ1n) is 8.27. The number of sulfonamides is 1. The Labute approximate surface area is 154 Å². The summed E-state index contributed by atoms with van der Waals surface area (Å²) in [5, 5.41) is 2.98. The topological polar surface area (TPSA) is 84.5 Å². The molecule has 0 radical (unpaired) electrons. The number of hydrogen-bond acceptors (Lipinski definition) is 4. The van der Waals surface area contributed by atoms with Gasteiger partial charge in [0.05, 0.1) is 30.7 Å². The highest BCUT2D eigenvalue weighted by Gasteiger charge is 2.18. The van der Waals surface area contributed by atoms with Crippen LogP contribution in [0.15, 0.2) is 42.5 Å². The van der Waals surface area contributed by atoms with Crippen molar-refractivity contribution in [3.05, 3.63) is 59.2 Å². The van der Waals surface area contributed by atoms with Crippen molar-refractivity contribution in [1.82, 2.24) is 5.32 Å². The molecular formula is C19H24N2O4S.